The smallest absolute Gasteiger partial charge is 0.123 e. The first-order valence-corrected chi connectivity index (χ1v) is 7.46. The van der Waals surface area contributed by atoms with Gasteiger partial charge in [0.25, 0.3) is 0 Å². The highest BCUT2D eigenvalue weighted by Crippen LogP contribution is 2.28. The van der Waals surface area contributed by atoms with E-state index in [1.165, 1.54) is 12.1 Å². The Morgan fingerprint density at radius 1 is 1.40 bits per heavy atom. The Morgan fingerprint density at radius 3 is 2.80 bits per heavy atom. The molecule has 0 bridgehead atoms. The van der Waals surface area contributed by atoms with Crippen LogP contribution in [-0.4, -0.2) is 42.4 Å². The summed E-state index contributed by atoms with van der Waals surface area (Å²) in [6, 6.07) is 7.13. The molecule has 1 aliphatic heterocycles. The van der Waals surface area contributed by atoms with Crippen LogP contribution in [0, 0.1) is 5.82 Å². The molecule has 1 aromatic carbocycles. The van der Waals surface area contributed by atoms with Gasteiger partial charge >= 0.3 is 0 Å². The first-order chi connectivity index (χ1) is 9.74. The van der Waals surface area contributed by atoms with Crippen molar-refractivity contribution in [1.29, 1.82) is 0 Å². The van der Waals surface area contributed by atoms with Crippen LogP contribution in [-0.2, 0) is 4.74 Å². The summed E-state index contributed by atoms with van der Waals surface area (Å²) in [5.74, 6) is -0.189. The first-order valence-electron chi connectivity index (χ1n) is 7.46. The molecule has 3 nitrogen and oxygen atoms in total. The molecule has 1 aliphatic rings. The third kappa shape index (κ3) is 4.01. The van der Waals surface area contributed by atoms with Crippen molar-refractivity contribution < 1.29 is 14.2 Å². The summed E-state index contributed by atoms with van der Waals surface area (Å²) in [5.41, 5.74) is 1.16. The molecule has 0 radical (unpaired) electrons. The number of aliphatic hydroxyl groups excluding tert-OH is 1. The summed E-state index contributed by atoms with van der Waals surface area (Å²) < 4.78 is 18.7. The maximum atomic E-state index is 13.0. The van der Waals surface area contributed by atoms with Gasteiger partial charge in [0, 0.05) is 12.6 Å². The van der Waals surface area contributed by atoms with Crippen LogP contribution < -0.4 is 0 Å². The first kappa shape index (κ1) is 15.4. The van der Waals surface area contributed by atoms with E-state index >= 15 is 0 Å². The van der Waals surface area contributed by atoms with Crippen LogP contribution in [0.4, 0.5) is 4.39 Å². The van der Waals surface area contributed by atoms with Crippen LogP contribution in [0.1, 0.15) is 37.8 Å². The van der Waals surface area contributed by atoms with Crippen molar-refractivity contribution in [2.24, 2.45) is 0 Å². The van der Waals surface area contributed by atoms with E-state index in [2.05, 4.69) is 11.8 Å². The number of piperidine rings is 1. The van der Waals surface area contributed by atoms with Crippen LogP contribution in [0.2, 0.25) is 0 Å². The SMILES string of the molecule is CC[C@H](c1ccc(F)cc1)N1CCC[C@H](OCCO)C1. The summed E-state index contributed by atoms with van der Waals surface area (Å²) in [6.07, 6.45) is 3.35. The van der Waals surface area contributed by atoms with Crippen LogP contribution in [0.5, 0.6) is 0 Å². The fraction of sp³-hybridized carbons (Fsp3) is 0.625. The van der Waals surface area contributed by atoms with Gasteiger partial charge in [-0.05, 0) is 43.5 Å². The highest BCUT2D eigenvalue weighted by molar-refractivity contribution is 5.20. The lowest BCUT2D eigenvalue weighted by molar-refractivity contribution is -0.0255. The molecule has 1 aromatic rings. The molecule has 0 aliphatic carbocycles. The van der Waals surface area contributed by atoms with Gasteiger partial charge in [-0.3, -0.25) is 4.90 Å². The molecule has 1 heterocycles. The summed E-state index contributed by atoms with van der Waals surface area (Å²) >= 11 is 0. The van der Waals surface area contributed by atoms with E-state index in [-0.39, 0.29) is 18.5 Å². The van der Waals surface area contributed by atoms with E-state index in [0.29, 0.717) is 12.6 Å². The van der Waals surface area contributed by atoms with Crippen LogP contribution in [0.3, 0.4) is 0 Å². The molecule has 0 amide bonds. The molecule has 20 heavy (non-hydrogen) atoms. The van der Waals surface area contributed by atoms with Crippen molar-refractivity contribution in [3.8, 4) is 0 Å². The Kier molecular flexibility index (Phi) is 5.95. The minimum atomic E-state index is -0.189. The average Bonchev–Trinajstić information content (AvgIpc) is 2.48. The fourth-order valence-corrected chi connectivity index (χ4v) is 2.99. The predicted molar refractivity (Wildman–Crippen MR) is 77.1 cm³/mol. The van der Waals surface area contributed by atoms with Crippen molar-refractivity contribution >= 4 is 0 Å². The molecule has 1 N–H and O–H groups in total. The predicted octanol–water partition coefficient (Wildman–Crippen LogP) is 2.75. The Morgan fingerprint density at radius 2 is 2.15 bits per heavy atom. The monoisotopic (exact) mass is 281 g/mol. The summed E-state index contributed by atoms with van der Waals surface area (Å²) in [6.45, 7) is 4.58. The van der Waals surface area contributed by atoms with Gasteiger partial charge in [0.15, 0.2) is 0 Å². The number of ether oxygens (including phenoxy) is 1. The van der Waals surface area contributed by atoms with E-state index in [4.69, 9.17) is 9.84 Å². The Labute approximate surface area is 120 Å². The minimum Gasteiger partial charge on any atom is -0.394 e. The number of rotatable bonds is 6. The highest BCUT2D eigenvalue weighted by atomic mass is 19.1. The molecule has 0 aromatic heterocycles. The second-order valence-corrected chi connectivity index (χ2v) is 5.33. The van der Waals surface area contributed by atoms with Crippen molar-refractivity contribution in [3.63, 3.8) is 0 Å². The van der Waals surface area contributed by atoms with Gasteiger partial charge in [-0.15, -0.1) is 0 Å². The number of hydrogen-bond acceptors (Lipinski definition) is 3. The van der Waals surface area contributed by atoms with Gasteiger partial charge in [-0.1, -0.05) is 19.1 Å². The van der Waals surface area contributed by atoms with Crippen molar-refractivity contribution in [1.82, 2.24) is 4.90 Å². The topological polar surface area (TPSA) is 32.7 Å². The molecule has 0 unspecified atom stereocenters. The molecule has 0 spiro atoms. The van der Waals surface area contributed by atoms with Crippen LogP contribution >= 0.6 is 0 Å². The van der Waals surface area contributed by atoms with E-state index in [1.807, 2.05) is 12.1 Å². The third-order valence-corrected chi connectivity index (χ3v) is 3.94. The minimum absolute atomic E-state index is 0.0751. The number of halogens is 1. The van der Waals surface area contributed by atoms with Gasteiger partial charge in [-0.25, -0.2) is 4.39 Å². The molecular formula is C16H24FNO2. The molecule has 0 saturated carbocycles. The Balaban J connectivity index is 2.01. The van der Waals surface area contributed by atoms with Gasteiger partial charge in [0.2, 0.25) is 0 Å². The van der Waals surface area contributed by atoms with Crippen LogP contribution in [0.15, 0.2) is 24.3 Å². The van der Waals surface area contributed by atoms with Gasteiger partial charge < -0.3 is 9.84 Å². The zero-order valence-electron chi connectivity index (χ0n) is 12.1. The second-order valence-electron chi connectivity index (χ2n) is 5.33. The standard InChI is InChI=1S/C16H24FNO2/c1-2-16(13-5-7-14(17)8-6-13)18-9-3-4-15(12-18)20-11-10-19/h5-8,15-16,19H,2-4,9-12H2,1H3/t15-,16+/m0/s1. The van der Waals surface area contributed by atoms with E-state index in [9.17, 15) is 4.39 Å². The average molecular weight is 281 g/mol. The highest BCUT2D eigenvalue weighted by Gasteiger charge is 2.26. The molecule has 4 heteroatoms. The van der Waals surface area contributed by atoms with Crippen molar-refractivity contribution in [3.05, 3.63) is 35.6 Å². The number of hydrogen-bond donors (Lipinski definition) is 1. The Bertz CT molecular complexity index is 396. The maximum absolute atomic E-state index is 13.0. The summed E-state index contributed by atoms with van der Waals surface area (Å²) in [4.78, 5) is 2.42. The second kappa shape index (κ2) is 7.72. The Hall–Kier alpha value is -0.970. The molecule has 2 atom stereocenters. The fourth-order valence-electron chi connectivity index (χ4n) is 2.99. The zero-order chi connectivity index (χ0) is 14.4. The van der Waals surface area contributed by atoms with Crippen LogP contribution in [0.25, 0.3) is 0 Å². The zero-order valence-corrected chi connectivity index (χ0v) is 12.1. The lowest BCUT2D eigenvalue weighted by Gasteiger charge is -2.38. The number of aliphatic hydroxyl groups is 1. The lowest BCUT2D eigenvalue weighted by Crippen LogP contribution is -2.42. The summed E-state index contributed by atoms with van der Waals surface area (Å²) in [5, 5.41) is 8.85. The van der Waals surface area contributed by atoms with Gasteiger partial charge in [-0.2, -0.15) is 0 Å². The van der Waals surface area contributed by atoms with Gasteiger partial charge in [0.1, 0.15) is 5.82 Å². The number of benzene rings is 1. The number of likely N-dealkylation sites (tertiary alicyclic amines) is 1. The van der Waals surface area contributed by atoms with E-state index in [0.717, 1.165) is 37.9 Å². The van der Waals surface area contributed by atoms with E-state index < -0.39 is 0 Å². The molecule has 1 fully saturated rings. The van der Waals surface area contributed by atoms with Gasteiger partial charge in [0.05, 0.1) is 19.3 Å². The molecule has 2 rings (SSSR count). The molecule has 1 saturated heterocycles. The van der Waals surface area contributed by atoms with Crippen molar-refractivity contribution in [2.45, 2.75) is 38.3 Å². The van der Waals surface area contributed by atoms with Crippen molar-refractivity contribution in [2.75, 3.05) is 26.3 Å². The molecule has 112 valence electrons. The summed E-state index contributed by atoms with van der Waals surface area (Å²) in [7, 11) is 0. The quantitative estimate of drug-likeness (QED) is 0.870. The normalized spacial score (nSPS) is 21.9. The van der Waals surface area contributed by atoms with E-state index in [1.54, 1.807) is 0 Å². The largest absolute Gasteiger partial charge is 0.394 e. The maximum Gasteiger partial charge on any atom is 0.123 e. The molecular weight excluding hydrogens is 257 g/mol. The third-order valence-electron chi connectivity index (χ3n) is 3.94. The number of nitrogens with zero attached hydrogens (tertiary/aromatic N) is 1. The lowest BCUT2D eigenvalue weighted by atomic mass is 9.98.